The van der Waals surface area contributed by atoms with Gasteiger partial charge in [-0.1, -0.05) is 18.2 Å². The Morgan fingerprint density at radius 2 is 1.75 bits per heavy atom. The smallest absolute Gasteiger partial charge is 0.346 e. The van der Waals surface area contributed by atoms with Crippen LogP contribution in [0, 0.1) is 5.82 Å². The lowest BCUT2D eigenvalue weighted by Crippen LogP contribution is -2.11. The van der Waals surface area contributed by atoms with Crippen molar-refractivity contribution in [1.82, 2.24) is 0 Å². The van der Waals surface area contributed by atoms with E-state index in [0.29, 0.717) is 5.75 Å². The molecule has 0 saturated heterocycles. The van der Waals surface area contributed by atoms with E-state index in [-0.39, 0.29) is 5.56 Å². The maximum Gasteiger partial charge on any atom is 0.346 e. The number of fused-ring (bicyclic) bond motifs is 1. The molecule has 2 aromatic rings. The molecule has 3 rings (SSSR count). The van der Waals surface area contributed by atoms with Crippen molar-refractivity contribution in [2.24, 2.45) is 0 Å². The van der Waals surface area contributed by atoms with Crippen LogP contribution < -0.4 is 4.74 Å². The van der Waals surface area contributed by atoms with Crippen LogP contribution in [0.15, 0.2) is 42.5 Å². The van der Waals surface area contributed by atoms with Gasteiger partial charge in [-0.05, 0) is 61.1 Å². The third kappa shape index (κ3) is 2.57. The lowest BCUT2D eigenvalue weighted by molar-refractivity contribution is 0.0730. The Bertz CT molecular complexity index is 649. The van der Waals surface area contributed by atoms with Gasteiger partial charge >= 0.3 is 5.97 Å². The standard InChI is InChI=1S/C17H15FO2/c18-16-8-4-3-7-15(16)17(19)20-14-10-9-12-5-1-2-6-13(12)11-14/h3-4,7-11H,1-2,5-6H2. The van der Waals surface area contributed by atoms with Crippen molar-refractivity contribution in [3.63, 3.8) is 0 Å². The molecule has 0 amide bonds. The molecule has 0 radical (unpaired) electrons. The summed E-state index contributed by atoms with van der Waals surface area (Å²) >= 11 is 0. The number of ether oxygens (including phenoxy) is 1. The Morgan fingerprint density at radius 1 is 1.00 bits per heavy atom. The summed E-state index contributed by atoms with van der Waals surface area (Å²) in [5.41, 5.74) is 2.52. The number of halogens is 1. The van der Waals surface area contributed by atoms with Gasteiger partial charge < -0.3 is 4.74 Å². The number of benzene rings is 2. The molecule has 20 heavy (non-hydrogen) atoms. The van der Waals surface area contributed by atoms with Crippen LogP contribution in [0.2, 0.25) is 0 Å². The second kappa shape index (κ2) is 5.45. The predicted molar refractivity (Wildman–Crippen MR) is 74.4 cm³/mol. The van der Waals surface area contributed by atoms with Crippen molar-refractivity contribution in [1.29, 1.82) is 0 Å². The molecule has 0 atom stereocenters. The molecule has 0 fully saturated rings. The first-order valence-electron chi connectivity index (χ1n) is 6.82. The fraction of sp³-hybridized carbons (Fsp3) is 0.235. The summed E-state index contributed by atoms with van der Waals surface area (Å²) in [7, 11) is 0. The van der Waals surface area contributed by atoms with E-state index in [2.05, 4.69) is 0 Å². The van der Waals surface area contributed by atoms with Crippen molar-refractivity contribution in [3.05, 3.63) is 65.0 Å². The van der Waals surface area contributed by atoms with Crippen LogP contribution in [0.3, 0.4) is 0 Å². The Balaban J connectivity index is 1.81. The molecule has 0 saturated carbocycles. The molecule has 3 heteroatoms. The third-order valence-corrected chi connectivity index (χ3v) is 3.62. The minimum atomic E-state index is -0.654. The highest BCUT2D eigenvalue weighted by Gasteiger charge is 2.15. The summed E-state index contributed by atoms with van der Waals surface area (Å²) in [4.78, 5) is 11.9. The number of aryl methyl sites for hydroxylation is 2. The van der Waals surface area contributed by atoms with Crippen LogP contribution >= 0.6 is 0 Å². The average Bonchev–Trinajstić information content (AvgIpc) is 2.47. The second-order valence-corrected chi connectivity index (χ2v) is 5.01. The number of hydrogen-bond acceptors (Lipinski definition) is 2. The molecule has 0 spiro atoms. The summed E-state index contributed by atoms with van der Waals surface area (Å²) in [6.07, 6.45) is 4.47. The van der Waals surface area contributed by atoms with Crippen LogP contribution in [-0.4, -0.2) is 5.97 Å². The summed E-state index contributed by atoms with van der Waals surface area (Å²) in [5, 5.41) is 0. The van der Waals surface area contributed by atoms with Gasteiger partial charge in [0.2, 0.25) is 0 Å². The quantitative estimate of drug-likeness (QED) is 0.610. The first-order valence-corrected chi connectivity index (χ1v) is 6.82. The first kappa shape index (κ1) is 12.9. The second-order valence-electron chi connectivity index (χ2n) is 5.01. The van der Waals surface area contributed by atoms with Crippen LogP contribution in [0.1, 0.15) is 34.3 Å². The van der Waals surface area contributed by atoms with E-state index in [4.69, 9.17) is 4.74 Å². The Morgan fingerprint density at radius 3 is 2.55 bits per heavy atom. The van der Waals surface area contributed by atoms with E-state index in [9.17, 15) is 9.18 Å². The largest absolute Gasteiger partial charge is 0.423 e. The molecule has 102 valence electrons. The summed E-state index contributed by atoms with van der Waals surface area (Å²) in [6.45, 7) is 0. The molecule has 1 aliphatic carbocycles. The molecule has 0 bridgehead atoms. The molecular weight excluding hydrogens is 255 g/mol. The highest BCUT2D eigenvalue weighted by molar-refractivity contribution is 5.91. The highest BCUT2D eigenvalue weighted by atomic mass is 19.1. The van der Waals surface area contributed by atoms with Gasteiger partial charge in [-0.3, -0.25) is 0 Å². The number of carbonyl (C=O) groups is 1. The predicted octanol–water partition coefficient (Wildman–Crippen LogP) is 3.92. The zero-order chi connectivity index (χ0) is 13.9. The number of hydrogen-bond donors (Lipinski definition) is 0. The van der Waals surface area contributed by atoms with Gasteiger partial charge in [-0.2, -0.15) is 0 Å². The maximum atomic E-state index is 13.5. The fourth-order valence-electron chi connectivity index (χ4n) is 2.56. The summed E-state index contributed by atoms with van der Waals surface area (Å²) in [6, 6.07) is 11.5. The molecule has 2 aromatic carbocycles. The zero-order valence-corrected chi connectivity index (χ0v) is 11.1. The van der Waals surface area contributed by atoms with E-state index >= 15 is 0 Å². The SMILES string of the molecule is O=C(Oc1ccc2c(c1)CCCC2)c1ccccc1F. The molecule has 2 nitrogen and oxygen atoms in total. The van der Waals surface area contributed by atoms with Crippen molar-refractivity contribution in [3.8, 4) is 5.75 Å². The monoisotopic (exact) mass is 270 g/mol. The Kier molecular flexibility index (Phi) is 3.50. The Hall–Kier alpha value is -2.16. The van der Waals surface area contributed by atoms with Gasteiger partial charge in [0.25, 0.3) is 0 Å². The average molecular weight is 270 g/mol. The summed E-state index contributed by atoms with van der Waals surface area (Å²) in [5.74, 6) is -0.728. The normalized spacial score (nSPS) is 13.7. The third-order valence-electron chi connectivity index (χ3n) is 3.62. The fourth-order valence-corrected chi connectivity index (χ4v) is 2.56. The van der Waals surface area contributed by atoms with Crippen LogP contribution in [0.4, 0.5) is 4.39 Å². The molecular formula is C17H15FO2. The molecule has 0 aliphatic heterocycles. The lowest BCUT2D eigenvalue weighted by atomic mass is 9.92. The first-order chi connectivity index (χ1) is 9.74. The maximum absolute atomic E-state index is 13.5. The van der Waals surface area contributed by atoms with Gasteiger partial charge in [0.15, 0.2) is 0 Å². The van der Waals surface area contributed by atoms with Gasteiger partial charge in [-0.15, -0.1) is 0 Å². The highest BCUT2D eigenvalue weighted by Crippen LogP contribution is 2.26. The number of rotatable bonds is 2. The van der Waals surface area contributed by atoms with Crippen molar-refractivity contribution >= 4 is 5.97 Å². The van der Waals surface area contributed by atoms with Crippen molar-refractivity contribution in [2.75, 3.05) is 0 Å². The minimum absolute atomic E-state index is 0.0368. The van der Waals surface area contributed by atoms with Crippen molar-refractivity contribution < 1.29 is 13.9 Å². The van der Waals surface area contributed by atoms with E-state index in [0.717, 1.165) is 19.3 Å². The lowest BCUT2D eigenvalue weighted by Gasteiger charge is -2.16. The zero-order valence-electron chi connectivity index (χ0n) is 11.1. The van der Waals surface area contributed by atoms with E-state index in [1.165, 1.54) is 29.7 Å². The van der Waals surface area contributed by atoms with Gasteiger partial charge in [-0.25, -0.2) is 9.18 Å². The number of carbonyl (C=O) groups excluding carboxylic acids is 1. The number of esters is 1. The van der Waals surface area contributed by atoms with E-state index in [1.54, 1.807) is 18.2 Å². The van der Waals surface area contributed by atoms with Crippen molar-refractivity contribution in [2.45, 2.75) is 25.7 Å². The van der Waals surface area contributed by atoms with Gasteiger partial charge in [0.05, 0.1) is 5.56 Å². The molecule has 1 aliphatic rings. The van der Waals surface area contributed by atoms with Crippen LogP contribution in [0.5, 0.6) is 5.75 Å². The van der Waals surface area contributed by atoms with E-state index < -0.39 is 11.8 Å². The molecule has 0 aromatic heterocycles. The molecule has 0 N–H and O–H groups in total. The summed E-state index contributed by atoms with van der Waals surface area (Å²) < 4.78 is 18.8. The van der Waals surface area contributed by atoms with Gasteiger partial charge in [0.1, 0.15) is 11.6 Å². The minimum Gasteiger partial charge on any atom is -0.423 e. The topological polar surface area (TPSA) is 26.3 Å². The Labute approximate surface area is 117 Å². The van der Waals surface area contributed by atoms with E-state index in [1.807, 2.05) is 12.1 Å². The molecule has 0 heterocycles. The van der Waals surface area contributed by atoms with Gasteiger partial charge in [0, 0.05) is 0 Å². The van der Waals surface area contributed by atoms with Crippen LogP contribution in [-0.2, 0) is 12.8 Å². The van der Waals surface area contributed by atoms with Crippen LogP contribution in [0.25, 0.3) is 0 Å². The molecule has 0 unspecified atom stereocenters.